The van der Waals surface area contributed by atoms with E-state index in [2.05, 4.69) is 4.90 Å². The molecular formula is C28H27F3N2O2. The van der Waals surface area contributed by atoms with Crippen molar-refractivity contribution >= 4 is 17.3 Å². The fourth-order valence-electron chi connectivity index (χ4n) is 4.81. The number of carbonyl (C=O) groups is 1. The van der Waals surface area contributed by atoms with Crippen LogP contribution in [0.1, 0.15) is 30.4 Å². The van der Waals surface area contributed by atoms with Gasteiger partial charge in [-0.1, -0.05) is 36.8 Å². The summed E-state index contributed by atoms with van der Waals surface area (Å²) in [6, 6.07) is 21.0. The first-order chi connectivity index (χ1) is 16.9. The summed E-state index contributed by atoms with van der Waals surface area (Å²) in [5.74, 6) is -1.03. The Bertz CT molecular complexity index is 1190. The molecule has 2 aliphatic rings. The Balaban J connectivity index is 1.46. The number of rotatable bonds is 5. The van der Waals surface area contributed by atoms with E-state index in [1.165, 1.54) is 31.4 Å². The van der Waals surface area contributed by atoms with Crippen molar-refractivity contribution in [1.82, 2.24) is 4.90 Å². The second-order valence-electron chi connectivity index (χ2n) is 9.12. The minimum absolute atomic E-state index is 0.102. The topological polar surface area (TPSA) is 32.8 Å². The van der Waals surface area contributed by atoms with Gasteiger partial charge in [0.1, 0.15) is 11.5 Å². The number of anilines is 2. The summed E-state index contributed by atoms with van der Waals surface area (Å²) in [5.41, 5.74) is 2.45. The summed E-state index contributed by atoms with van der Waals surface area (Å²) >= 11 is 0. The number of alkyl halides is 3. The van der Waals surface area contributed by atoms with Gasteiger partial charge in [-0.3, -0.25) is 14.6 Å². The van der Waals surface area contributed by atoms with Gasteiger partial charge in [-0.15, -0.1) is 0 Å². The van der Waals surface area contributed by atoms with Gasteiger partial charge in [0.05, 0.1) is 5.69 Å². The lowest BCUT2D eigenvalue weighted by Gasteiger charge is -2.36. The van der Waals surface area contributed by atoms with Crippen LogP contribution in [0.15, 0.2) is 72.8 Å². The van der Waals surface area contributed by atoms with Crippen molar-refractivity contribution in [1.29, 1.82) is 0 Å². The Morgan fingerprint density at radius 3 is 2.20 bits per heavy atom. The Morgan fingerprint density at radius 1 is 0.829 bits per heavy atom. The number of ether oxygens (including phenoxy) is 1. The highest BCUT2D eigenvalue weighted by Crippen LogP contribution is 2.36. The zero-order chi connectivity index (χ0) is 24.4. The van der Waals surface area contributed by atoms with Crippen molar-refractivity contribution in [3.8, 4) is 11.5 Å². The summed E-state index contributed by atoms with van der Waals surface area (Å²) in [5, 5.41) is 0. The van der Waals surface area contributed by atoms with Crippen LogP contribution in [-0.4, -0.2) is 36.1 Å². The van der Waals surface area contributed by atoms with E-state index < -0.39 is 12.1 Å². The van der Waals surface area contributed by atoms with E-state index in [4.69, 9.17) is 4.74 Å². The van der Waals surface area contributed by atoms with E-state index in [-0.39, 0.29) is 11.4 Å². The van der Waals surface area contributed by atoms with E-state index in [1.807, 2.05) is 12.1 Å². The fraction of sp³-hybridized carbons (Fsp3) is 0.321. The van der Waals surface area contributed by atoms with E-state index in [1.54, 1.807) is 48.5 Å². The first kappa shape index (κ1) is 23.4. The molecule has 0 bridgehead atoms. The van der Waals surface area contributed by atoms with Crippen molar-refractivity contribution in [2.45, 2.75) is 44.3 Å². The van der Waals surface area contributed by atoms with Crippen molar-refractivity contribution in [2.24, 2.45) is 0 Å². The molecule has 5 rings (SSSR count). The van der Waals surface area contributed by atoms with E-state index in [0.29, 0.717) is 17.5 Å². The number of benzene rings is 3. The summed E-state index contributed by atoms with van der Waals surface area (Å²) in [4.78, 5) is 15.8. The molecule has 1 heterocycles. The summed E-state index contributed by atoms with van der Waals surface area (Å²) in [6.07, 6.45) is 0.294. The molecule has 0 spiro atoms. The first-order valence-corrected chi connectivity index (χ1v) is 12.0. The summed E-state index contributed by atoms with van der Waals surface area (Å²) < 4.78 is 46.8. The van der Waals surface area contributed by atoms with Crippen molar-refractivity contribution in [3.63, 3.8) is 0 Å². The minimum Gasteiger partial charge on any atom is -0.457 e. The molecule has 1 aliphatic heterocycles. The van der Waals surface area contributed by atoms with Crippen molar-refractivity contribution in [2.75, 3.05) is 18.0 Å². The Hall–Kier alpha value is -3.32. The van der Waals surface area contributed by atoms with E-state index in [0.717, 1.165) is 42.0 Å². The van der Waals surface area contributed by atoms with Crippen LogP contribution in [0.3, 0.4) is 0 Å². The van der Waals surface area contributed by atoms with Gasteiger partial charge in [-0.2, -0.15) is 13.2 Å². The third-order valence-electron chi connectivity index (χ3n) is 6.88. The van der Waals surface area contributed by atoms with Gasteiger partial charge in [-0.05, 0) is 73.2 Å². The lowest BCUT2D eigenvalue weighted by Crippen LogP contribution is -2.41. The van der Waals surface area contributed by atoms with Crippen LogP contribution in [0.2, 0.25) is 0 Å². The molecule has 182 valence electrons. The second kappa shape index (κ2) is 9.74. The monoisotopic (exact) mass is 480 g/mol. The molecule has 4 nitrogen and oxygen atoms in total. The lowest BCUT2D eigenvalue weighted by molar-refractivity contribution is -0.169. The Labute approximate surface area is 202 Å². The van der Waals surface area contributed by atoms with Gasteiger partial charge in [0.25, 0.3) is 0 Å². The standard InChI is InChI=1S/C28H27F3N2O2/c29-28(30,31)27(34)33(23-8-5-11-26(19-23)35-25-9-2-1-3-10-25)24-13-12-20-14-16-32(22-6-4-7-22)17-15-21(20)18-24/h1-3,5,8-13,18-19,22H,4,6-7,14-17H2. The summed E-state index contributed by atoms with van der Waals surface area (Å²) in [6.45, 7) is 1.84. The van der Waals surface area contributed by atoms with Crippen LogP contribution in [0.25, 0.3) is 0 Å². The number of carbonyl (C=O) groups excluding carboxylic acids is 1. The highest BCUT2D eigenvalue weighted by molar-refractivity contribution is 6.04. The maximum Gasteiger partial charge on any atom is 0.472 e. The van der Waals surface area contributed by atoms with Gasteiger partial charge in [0.15, 0.2) is 0 Å². The summed E-state index contributed by atoms with van der Waals surface area (Å²) in [7, 11) is 0. The van der Waals surface area contributed by atoms with E-state index in [9.17, 15) is 18.0 Å². The van der Waals surface area contributed by atoms with Gasteiger partial charge < -0.3 is 4.74 Å². The third-order valence-corrected chi connectivity index (χ3v) is 6.88. The molecule has 0 aromatic heterocycles. The maximum absolute atomic E-state index is 13.7. The van der Waals surface area contributed by atoms with Crippen LogP contribution in [0, 0.1) is 0 Å². The Morgan fingerprint density at radius 2 is 1.51 bits per heavy atom. The van der Waals surface area contributed by atoms with Gasteiger partial charge in [0, 0.05) is 30.9 Å². The molecule has 1 aliphatic carbocycles. The number of amides is 1. The molecule has 1 fully saturated rings. The quantitative estimate of drug-likeness (QED) is 0.409. The third kappa shape index (κ3) is 5.20. The Kier molecular flexibility index (Phi) is 6.52. The predicted molar refractivity (Wildman–Crippen MR) is 129 cm³/mol. The predicted octanol–water partition coefficient (Wildman–Crippen LogP) is 6.66. The zero-order valence-electron chi connectivity index (χ0n) is 19.3. The van der Waals surface area contributed by atoms with Gasteiger partial charge in [0.2, 0.25) is 0 Å². The lowest BCUT2D eigenvalue weighted by atomic mass is 9.91. The number of hydrogen-bond acceptors (Lipinski definition) is 3. The van der Waals surface area contributed by atoms with Crippen molar-refractivity contribution < 1.29 is 22.7 Å². The van der Waals surface area contributed by atoms with Crippen molar-refractivity contribution in [3.05, 3.63) is 83.9 Å². The molecule has 3 aromatic carbocycles. The molecule has 0 N–H and O–H groups in total. The molecule has 1 amide bonds. The molecule has 0 atom stereocenters. The molecule has 1 saturated carbocycles. The SMILES string of the molecule is O=C(N(c1cccc(Oc2ccccc2)c1)c1ccc2c(c1)CCN(C1CCC1)CC2)C(F)(F)F. The molecule has 7 heteroatoms. The smallest absolute Gasteiger partial charge is 0.457 e. The van der Waals surface area contributed by atoms with Crippen LogP contribution in [0.5, 0.6) is 11.5 Å². The fourth-order valence-corrected chi connectivity index (χ4v) is 4.81. The molecule has 0 unspecified atom stereocenters. The first-order valence-electron chi connectivity index (χ1n) is 12.0. The highest BCUT2D eigenvalue weighted by Gasteiger charge is 2.44. The van der Waals surface area contributed by atoms with E-state index >= 15 is 0 Å². The van der Waals surface area contributed by atoms with Gasteiger partial charge in [-0.25, -0.2) is 0 Å². The average Bonchev–Trinajstić information content (AvgIpc) is 3.01. The van der Waals surface area contributed by atoms with Crippen LogP contribution in [0.4, 0.5) is 24.5 Å². The largest absolute Gasteiger partial charge is 0.472 e. The molecular weight excluding hydrogens is 453 g/mol. The number of halogens is 3. The van der Waals surface area contributed by atoms with Crippen LogP contribution in [-0.2, 0) is 17.6 Å². The molecule has 0 saturated heterocycles. The number of hydrogen-bond donors (Lipinski definition) is 0. The van der Waals surface area contributed by atoms with Gasteiger partial charge >= 0.3 is 12.1 Å². The average molecular weight is 481 g/mol. The zero-order valence-corrected chi connectivity index (χ0v) is 19.3. The number of fused-ring (bicyclic) bond motifs is 1. The van der Waals surface area contributed by atoms with Crippen LogP contribution >= 0.6 is 0 Å². The maximum atomic E-state index is 13.7. The highest BCUT2D eigenvalue weighted by atomic mass is 19.4. The molecule has 3 aromatic rings. The normalized spacial score (nSPS) is 16.7. The second-order valence-corrected chi connectivity index (χ2v) is 9.12. The number of para-hydroxylation sites is 1. The number of nitrogens with zero attached hydrogens (tertiary/aromatic N) is 2. The molecule has 0 radical (unpaired) electrons. The molecule has 35 heavy (non-hydrogen) atoms. The minimum atomic E-state index is -5.02. The van der Waals surface area contributed by atoms with Crippen LogP contribution < -0.4 is 9.64 Å².